The van der Waals surface area contributed by atoms with Crippen molar-refractivity contribution in [2.45, 2.75) is 64.7 Å². The molecule has 0 aromatic heterocycles. The Balaban J connectivity index is 1.59. The van der Waals surface area contributed by atoms with E-state index in [9.17, 15) is 4.79 Å². The van der Waals surface area contributed by atoms with Gasteiger partial charge in [-0.3, -0.25) is 4.79 Å². The number of hydrogen-bond donors (Lipinski definition) is 1. The predicted molar refractivity (Wildman–Crippen MR) is 83.7 cm³/mol. The fourth-order valence-corrected chi connectivity index (χ4v) is 3.66. The molecule has 0 atom stereocenters. The lowest BCUT2D eigenvalue weighted by Crippen LogP contribution is -2.40. The highest BCUT2D eigenvalue weighted by Crippen LogP contribution is 2.29. The molecule has 1 N–H and O–H groups in total. The average molecular weight is 280 g/mol. The Bertz CT molecular complexity index is 277. The summed E-state index contributed by atoms with van der Waals surface area (Å²) < 4.78 is 0. The minimum absolute atomic E-state index is 0.314. The molecule has 20 heavy (non-hydrogen) atoms. The Morgan fingerprint density at radius 3 is 2.20 bits per heavy atom. The third kappa shape index (κ3) is 5.08. The van der Waals surface area contributed by atoms with E-state index < -0.39 is 0 Å². The van der Waals surface area contributed by atoms with Crippen LogP contribution in [0.2, 0.25) is 0 Å². The van der Waals surface area contributed by atoms with Gasteiger partial charge in [-0.1, -0.05) is 39.0 Å². The second-order valence-corrected chi connectivity index (χ2v) is 6.72. The second kappa shape index (κ2) is 8.66. The van der Waals surface area contributed by atoms with Crippen molar-refractivity contribution in [2.24, 2.45) is 11.8 Å². The number of carbonyl (C=O) groups is 1. The van der Waals surface area contributed by atoms with E-state index in [0.29, 0.717) is 12.5 Å². The van der Waals surface area contributed by atoms with E-state index in [1.165, 1.54) is 57.8 Å². The summed E-state index contributed by atoms with van der Waals surface area (Å²) in [6, 6.07) is 0. The van der Waals surface area contributed by atoms with Crippen LogP contribution in [0.1, 0.15) is 64.7 Å². The van der Waals surface area contributed by atoms with Crippen molar-refractivity contribution in [1.29, 1.82) is 0 Å². The molecule has 3 nitrogen and oxygen atoms in total. The molecule has 116 valence electrons. The first-order valence-corrected chi connectivity index (χ1v) is 8.78. The van der Waals surface area contributed by atoms with Crippen molar-refractivity contribution in [1.82, 2.24) is 10.2 Å². The van der Waals surface area contributed by atoms with E-state index in [4.69, 9.17) is 0 Å². The molecule has 0 spiro atoms. The summed E-state index contributed by atoms with van der Waals surface area (Å²) in [6.07, 6.45) is 11.8. The van der Waals surface area contributed by atoms with Gasteiger partial charge in [0, 0.05) is 13.1 Å². The first-order chi connectivity index (χ1) is 9.79. The van der Waals surface area contributed by atoms with Gasteiger partial charge in [0.1, 0.15) is 0 Å². The molecule has 0 aromatic rings. The molecule has 2 rings (SSSR count). The molecule has 1 aliphatic heterocycles. The Morgan fingerprint density at radius 2 is 1.60 bits per heavy atom. The lowest BCUT2D eigenvalue weighted by Gasteiger charge is -2.28. The number of likely N-dealkylation sites (tertiary alicyclic amines) is 1. The van der Waals surface area contributed by atoms with E-state index >= 15 is 0 Å². The minimum Gasteiger partial charge on any atom is -0.342 e. The first-order valence-electron chi connectivity index (χ1n) is 8.78. The number of carbonyl (C=O) groups excluding carboxylic acids is 1. The Hall–Kier alpha value is -0.570. The standard InChI is InChI=1S/C17H32N2O/c1-2-15-7-9-16(10-8-15)13-18-14-17(20)19-11-5-3-4-6-12-19/h15-16,18H,2-14H2,1H3. The predicted octanol–water partition coefficient (Wildman–Crippen LogP) is 3.20. The van der Waals surface area contributed by atoms with E-state index in [1.54, 1.807) is 0 Å². The van der Waals surface area contributed by atoms with Crippen molar-refractivity contribution < 1.29 is 4.79 Å². The molecule has 1 heterocycles. The number of amides is 1. The third-order valence-electron chi connectivity index (χ3n) is 5.21. The van der Waals surface area contributed by atoms with Crippen molar-refractivity contribution >= 4 is 5.91 Å². The first kappa shape index (κ1) is 15.8. The van der Waals surface area contributed by atoms with Crippen LogP contribution in [0.15, 0.2) is 0 Å². The molecule has 1 saturated carbocycles. The average Bonchev–Trinajstić information content (AvgIpc) is 2.77. The Kier molecular flexibility index (Phi) is 6.85. The van der Waals surface area contributed by atoms with Crippen molar-refractivity contribution in [3.8, 4) is 0 Å². The van der Waals surface area contributed by atoms with Crippen LogP contribution in [0.25, 0.3) is 0 Å². The van der Waals surface area contributed by atoms with Crippen LogP contribution in [0.5, 0.6) is 0 Å². The molecule has 1 amide bonds. The van der Waals surface area contributed by atoms with E-state index in [1.807, 2.05) is 0 Å². The molecule has 0 radical (unpaired) electrons. The number of nitrogens with one attached hydrogen (secondary N) is 1. The van der Waals surface area contributed by atoms with Crippen molar-refractivity contribution in [3.63, 3.8) is 0 Å². The summed E-state index contributed by atoms with van der Waals surface area (Å²) in [7, 11) is 0. The minimum atomic E-state index is 0.314. The van der Waals surface area contributed by atoms with Crippen LogP contribution in [0, 0.1) is 11.8 Å². The van der Waals surface area contributed by atoms with Gasteiger partial charge in [0.25, 0.3) is 0 Å². The molecule has 2 aliphatic rings. The zero-order chi connectivity index (χ0) is 14.2. The van der Waals surface area contributed by atoms with Gasteiger partial charge in [-0.05, 0) is 44.1 Å². The summed E-state index contributed by atoms with van der Waals surface area (Å²) in [5, 5.41) is 3.41. The Morgan fingerprint density at radius 1 is 1.00 bits per heavy atom. The fourth-order valence-electron chi connectivity index (χ4n) is 3.66. The van der Waals surface area contributed by atoms with Gasteiger partial charge in [0.2, 0.25) is 5.91 Å². The third-order valence-corrected chi connectivity index (χ3v) is 5.21. The number of nitrogens with zero attached hydrogens (tertiary/aromatic N) is 1. The van der Waals surface area contributed by atoms with Gasteiger partial charge in [-0.25, -0.2) is 0 Å². The topological polar surface area (TPSA) is 32.3 Å². The van der Waals surface area contributed by atoms with E-state index in [-0.39, 0.29) is 0 Å². The van der Waals surface area contributed by atoms with Gasteiger partial charge >= 0.3 is 0 Å². The highest BCUT2D eigenvalue weighted by atomic mass is 16.2. The maximum absolute atomic E-state index is 12.2. The van der Waals surface area contributed by atoms with Crippen molar-refractivity contribution in [2.75, 3.05) is 26.2 Å². The summed E-state index contributed by atoms with van der Waals surface area (Å²) in [5.74, 6) is 2.08. The van der Waals surface area contributed by atoms with Gasteiger partial charge in [0.15, 0.2) is 0 Å². The second-order valence-electron chi connectivity index (χ2n) is 6.72. The van der Waals surface area contributed by atoms with E-state index in [2.05, 4.69) is 17.1 Å². The molecule has 1 saturated heterocycles. The van der Waals surface area contributed by atoms with Crippen molar-refractivity contribution in [3.05, 3.63) is 0 Å². The van der Waals surface area contributed by atoms with Gasteiger partial charge in [0.05, 0.1) is 6.54 Å². The molecule has 0 aromatic carbocycles. The molecule has 3 heteroatoms. The summed E-state index contributed by atoms with van der Waals surface area (Å²) in [6.45, 7) is 5.84. The lowest BCUT2D eigenvalue weighted by molar-refractivity contribution is -0.130. The zero-order valence-corrected chi connectivity index (χ0v) is 13.2. The number of rotatable bonds is 5. The SMILES string of the molecule is CCC1CCC(CNCC(=O)N2CCCCCC2)CC1. The maximum atomic E-state index is 12.2. The van der Waals surface area contributed by atoms with Crippen LogP contribution < -0.4 is 5.32 Å². The highest BCUT2D eigenvalue weighted by molar-refractivity contribution is 5.78. The van der Waals surface area contributed by atoms with E-state index in [0.717, 1.165) is 31.5 Å². The van der Waals surface area contributed by atoms with Crippen LogP contribution in [-0.2, 0) is 4.79 Å². The normalized spacial score (nSPS) is 28.1. The van der Waals surface area contributed by atoms with Crippen LogP contribution in [0.4, 0.5) is 0 Å². The highest BCUT2D eigenvalue weighted by Gasteiger charge is 2.20. The Labute approximate surface area is 124 Å². The van der Waals surface area contributed by atoms with Gasteiger partial charge < -0.3 is 10.2 Å². The fraction of sp³-hybridized carbons (Fsp3) is 0.941. The quantitative estimate of drug-likeness (QED) is 0.839. The lowest BCUT2D eigenvalue weighted by atomic mass is 9.81. The molecular weight excluding hydrogens is 248 g/mol. The monoisotopic (exact) mass is 280 g/mol. The van der Waals surface area contributed by atoms with Gasteiger partial charge in [-0.15, -0.1) is 0 Å². The van der Waals surface area contributed by atoms with Gasteiger partial charge in [-0.2, -0.15) is 0 Å². The number of hydrogen-bond acceptors (Lipinski definition) is 2. The molecule has 0 unspecified atom stereocenters. The smallest absolute Gasteiger partial charge is 0.236 e. The summed E-state index contributed by atoms with van der Waals surface area (Å²) in [4.78, 5) is 14.2. The molecule has 2 fully saturated rings. The van der Waals surface area contributed by atoms with Crippen LogP contribution >= 0.6 is 0 Å². The summed E-state index contributed by atoms with van der Waals surface area (Å²) >= 11 is 0. The molecular formula is C17H32N2O. The van der Waals surface area contributed by atoms with Crippen LogP contribution in [-0.4, -0.2) is 37.0 Å². The molecule has 1 aliphatic carbocycles. The van der Waals surface area contributed by atoms with Crippen LogP contribution in [0.3, 0.4) is 0 Å². The summed E-state index contributed by atoms with van der Waals surface area (Å²) in [5.41, 5.74) is 0. The maximum Gasteiger partial charge on any atom is 0.236 e. The molecule has 0 bridgehead atoms. The largest absolute Gasteiger partial charge is 0.342 e. The zero-order valence-electron chi connectivity index (χ0n) is 13.2.